The summed E-state index contributed by atoms with van der Waals surface area (Å²) in [6.45, 7) is 16.6. The van der Waals surface area contributed by atoms with Crippen LogP contribution in [0, 0.1) is 54.4 Å². The van der Waals surface area contributed by atoms with E-state index in [0.717, 1.165) is 81.2 Å². The Morgan fingerprint density at radius 2 is 1.10 bits per heavy atom. The number of halogens is 1. The van der Waals surface area contributed by atoms with Gasteiger partial charge in [0.15, 0.2) is 0 Å². The van der Waals surface area contributed by atoms with E-state index in [-0.39, 0.29) is 62.6 Å². The molecule has 10 heteroatoms. The fraction of sp³-hybridized carbons (Fsp3) is 0.479. The molecule has 58 heavy (non-hydrogen) atoms. The Kier molecular flexibility index (Phi) is 21.8. The van der Waals surface area contributed by atoms with Gasteiger partial charge in [0.2, 0.25) is 0 Å². The summed E-state index contributed by atoms with van der Waals surface area (Å²) in [5, 5.41) is 19.9. The average Bonchev–Trinajstić information content (AvgIpc) is 3.79. The number of nitrogens with zero attached hydrogens (tertiary/aromatic N) is 3. The fourth-order valence-corrected chi connectivity index (χ4v) is 7.69. The zero-order valence-corrected chi connectivity index (χ0v) is 39.7. The van der Waals surface area contributed by atoms with Gasteiger partial charge in [0.25, 0.3) is 0 Å². The first kappa shape index (κ1) is 51.4. The van der Waals surface area contributed by atoms with Crippen molar-refractivity contribution in [1.29, 1.82) is 0 Å². The third-order valence-corrected chi connectivity index (χ3v) is 12.0. The first-order chi connectivity index (χ1) is 26.4. The molecule has 2 spiro atoms. The van der Waals surface area contributed by atoms with E-state index in [9.17, 15) is 0 Å². The van der Waals surface area contributed by atoms with Gasteiger partial charge < -0.3 is 33.5 Å². The van der Waals surface area contributed by atoms with Crippen molar-refractivity contribution < 1.29 is 53.8 Å². The van der Waals surface area contributed by atoms with E-state index in [1.807, 2.05) is 25.1 Å². The van der Waals surface area contributed by atoms with Crippen molar-refractivity contribution in [1.82, 2.24) is 0 Å². The number of rotatable bonds is 3. The minimum atomic E-state index is -0.0655. The van der Waals surface area contributed by atoms with Gasteiger partial charge in [-0.05, 0) is 142 Å². The minimum absolute atomic E-state index is 0. The van der Waals surface area contributed by atoms with E-state index in [0.29, 0.717) is 6.04 Å². The molecule has 0 aromatic heterocycles. The third kappa shape index (κ3) is 14.8. The summed E-state index contributed by atoms with van der Waals surface area (Å²) in [7, 11) is 0. The Balaban J connectivity index is 0.000000277. The molecule has 0 amide bonds. The summed E-state index contributed by atoms with van der Waals surface area (Å²) < 4.78 is 0. The van der Waals surface area contributed by atoms with Crippen LogP contribution >= 0.6 is 12.4 Å². The van der Waals surface area contributed by atoms with Crippen LogP contribution in [0.25, 0.3) is 0 Å². The SMILES string of the molecule is C=C1CC[CH-]CC1.Cc1ccc(/C=N/O)cc1C.Cc1ccc(C2=NOC3(CCC(N)CC3)C2)cc1C.Cc1ccc(C2=NOC3(CC[CH-]CC3)C2)cc1C.Cl.[Ru+].[Ru+]. The second-order valence-corrected chi connectivity index (χ2v) is 16.5. The van der Waals surface area contributed by atoms with Gasteiger partial charge in [-0.2, -0.15) is 25.7 Å². The van der Waals surface area contributed by atoms with Gasteiger partial charge in [-0.15, -0.1) is 19.0 Å². The zero-order chi connectivity index (χ0) is 39.4. The van der Waals surface area contributed by atoms with Crippen molar-refractivity contribution >= 4 is 30.0 Å². The maximum Gasteiger partial charge on any atom is 1.00 e. The van der Waals surface area contributed by atoms with Crippen LogP contribution in [0.1, 0.15) is 140 Å². The Morgan fingerprint density at radius 1 is 0.672 bits per heavy atom. The molecule has 0 bridgehead atoms. The first-order valence-electron chi connectivity index (χ1n) is 20.4. The largest absolute Gasteiger partial charge is 1.00 e. The van der Waals surface area contributed by atoms with Crippen LogP contribution in [-0.4, -0.2) is 40.1 Å². The smallest absolute Gasteiger partial charge is 0.411 e. The molecule has 3 N–H and O–H groups in total. The van der Waals surface area contributed by atoms with Crippen molar-refractivity contribution in [3.8, 4) is 0 Å². The van der Waals surface area contributed by atoms with Crippen LogP contribution in [0.3, 0.4) is 0 Å². The molecule has 3 aromatic carbocycles. The molecule has 5 aliphatic rings. The fourth-order valence-electron chi connectivity index (χ4n) is 7.69. The number of oxime groups is 3. The molecule has 0 saturated heterocycles. The zero-order valence-electron chi connectivity index (χ0n) is 35.4. The van der Waals surface area contributed by atoms with E-state index in [1.54, 1.807) is 0 Å². The second-order valence-electron chi connectivity index (χ2n) is 16.5. The van der Waals surface area contributed by atoms with Crippen LogP contribution in [-0.2, 0) is 48.6 Å². The third-order valence-electron chi connectivity index (χ3n) is 12.0. The quantitative estimate of drug-likeness (QED) is 0.0682. The molecule has 2 heterocycles. The van der Waals surface area contributed by atoms with Gasteiger partial charge in [-0.1, -0.05) is 76.3 Å². The monoisotopic (exact) mass is 984 g/mol. The molecule has 7 nitrogen and oxygen atoms in total. The van der Waals surface area contributed by atoms with E-state index < -0.39 is 0 Å². The standard InChI is InChI=1S/C16H22N2O.C16H20NO.C9H11NO.C7H11.ClH.2Ru/c1-11-3-4-13(9-12(11)2)15-10-16(19-18-15)7-5-14(17)6-8-16;1-12-6-7-14(10-13(12)2)15-11-16(18-17-15)8-4-3-5-9-16;1-7-3-4-9(6-10-11)5-8(7)2;1-7-5-3-2-4-6-7;;;/h3-4,9,14H,5-8,10,17H2,1-2H3;3,6-7,10H,4-5,8-9,11H2,1-2H3;3-6,11H,1-2H3;2H,1,3-6H2;1H;;/q;-1;;-1;;2*+1/b;;10-6+;;;;. The summed E-state index contributed by atoms with van der Waals surface area (Å²) in [5.41, 5.74) is 20.7. The summed E-state index contributed by atoms with van der Waals surface area (Å²) in [5.74, 6) is 0. The Hall–Kier alpha value is -2.69. The van der Waals surface area contributed by atoms with Crippen molar-refractivity contribution in [2.75, 3.05) is 0 Å². The Bertz CT molecular complexity index is 1860. The molecule has 318 valence electrons. The van der Waals surface area contributed by atoms with Gasteiger partial charge in [0, 0.05) is 18.9 Å². The number of allylic oxidation sites excluding steroid dienone is 1. The normalized spacial score (nSPS) is 21.4. The van der Waals surface area contributed by atoms with E-state index in [2.05, 4.69) is 106 Å². The van der Waals surface area contributed by atoms with Crippen LogP contribution < -0.4 is 5.73 Å². The van der Waals surface area contributed by atoms with Crippen molar-refractivity contribution in [2.24, 2.45) is 21.2 Å². The molecule has 2 radical (unpaired) electrons. The molecular weight excluding hydrogens is 918 g/mol. The van der Waals surface area contributed by atoms with Gasteiger partial charge >= 0.3 is 39.0 Å². The van der Waals surface area contributed by atoms with Crippen LogP contribution in [0.15, 0.2) is 82.2 Å². The number of hydrogen-bond donors (Lipinski definition) is 2. The van der Waals surface area contributed by atoms with Gasteiger partial charge in [0.05, 0.1) is 17.6 Å². The van der Waals surface area contributed by atoms with Crippen molar-refractivity contribution in [2.45, 2.75) is 149 Å². The number of hydrogen-bond acceptors (Lipinski definition) is 7. The Labute approximate surface area is 381 Å². The van der Waals surface area contributed by atoms with Crippen LogP contribution in [0.5, 0.6) is 0 Å². The topological polar surface area (TPSA) is 102 Å². The van der Waals surface area contributed by atoms with Gasteiger partial charge in [0.1, 0.15) is 11.2 Å². The maximum atomic E-state index is 8.25. The van der Waals surface area contributed by atoms with Crippen molar-refractivity contribution in [3.63, 3.8) is 0 Å². The van der Waals surface area contributed by atoms with E-state index in [1.165, 1.54) is 82.0 Å². The van der Waals surface area contributed by atoms with E-state index >= 15 is 0 Å². The number of nitrogens with two attached hydrogens (primary N) is 1. The summed E-state index contributed by atoms with van der Waals surface area (Å²) in [6, 6.07) is 19.3. The predicted molar refractivity (Wildman–Crippen MR) is 235 cm³/mol. The molecule has 2 aliphatic heterocycles. The van der Waals surface area contributed by atoms with Crippen molar-refractivity contribution in [3.05, 3.63) is 130 Å². The molecule has 0 unspecified atom stereocenters. The predicted octanol–water partition coefficient (Wildman–Crippen LogP) is 11.9. The average molecular weight is 984 g/mol. The van der Waals surface area contributed by atoms with E-state index in [4.69, 9.17) is 20.6 Å². The molecule has 8 rings (SSSR count). The molecule has 3 saturated carbocycles. The number of aryl methyl sites for hydroxylation is 6. The minimum Gasteiger partial charge on any atom is -0.411 e. The summed E-state index contributed by atoms with van der Waals surface area (Å²) in [4.78, 5) is 11.6. The molecule has 3 aromatic rings. The Morgan fingerprint density at radius 3 is 1.52 bits per heavy atom. The van der Waals surface area contributed by atoms with Crippen LogP contribution in [0.2, 0.25) is 0 Å². The molecule has 3 aliphatic carbocycles. The molecule has 3 fully saturated rings. The first-order valence-corrected chi connectivity index (χ1v) is 20.4. The summed E-state index contributed by atoms with van der Waals surface area (Å²) >= 11 is 0. The second kappa shape index (κ2) is 24.5. The summed E-state index contributed by atoms with van der Waals surface area (Å²) in [6.07, 6.45) is 21.8. The number of benzene rings is 3. The van der Waals surface area contributed by atoms with Gasteiger partial charge in [-0.3, -0.25) is 0 Å². The molecule has 0 atom stereocenters. The van der Waals surface area contributed by atoms with Crippen LogP contribution in [0.4, 0.5) is 0 Å². The van der Waals surface area contributed by atoms with Gasteiger partial charge in [-0.25, -0.2) is 0 Å². The molecular formula is C48H65ClN4O3Ru2. The maximum absolute atomic E-state index is 8.25.